The fourth-order valence-electron chi connectivity index (χ4n) is 0. The summed E-state index contributed by atoms with van der Waals surface area (Å²) in [4.78, 5) is 0. The average molecular weight is 354 g/mol. The van der Waals surface area contributed by atoms with E-state index in [9.17, 15) is 0 Å². The molecule has 0 heterocycles. The Labute approximate surface area is 71.5 Å². The van der Waals surface area contributed by atoms with Gasteiger partial charge in [-0.15, -0.1) is 0 Å². The minimum Gasteiger partial charge on any atom is -0.693 e. The minimum absolute atomic E-state index is 0. The molecule has 0 aromatic carbocycles. The second-order valence-corrected chi connectivity index (χ2v) is 4.05. The Kier molecular flexibility index (Phi) is 28.8. The zero-order valence-corrected chi connectivity index (χ0v) is 8.79. The van der Waals surface area contributed by atoms with Crippen LogP contribution in [0.4, 0.5) is 0 Å². The van der Waals surface area contributed by atoms with Crippen LogP contribution in [0.15, 0.2) is 0 Å². The van der Waals surface area contributed by atoms with Gasteiger partial charge in [-0.25, -0.2) is 0 Å². The Morgan fingerprint density at radius 3 is 1.67 bits per heavy atom. The monoisotopic (exact) mass is 353 g/mol. The molecule has 6 heteroatoms. The molecule has 0 aliphatic heterocycles. The van der Waals surface area contributed by atoms with Crippen LogP contribution in [0.5, 0.6) is 0 Å². The molecule has 0 amide bonds. The van der Waals surface area contributed by atoms with E-state index in [-0.39, 0.29) is 12.0 Å². The second-order valence-electron chi connectivity index (χ2n) is 0.768. The molecule has 0 saturated heterocycles. The summed E-state index contributed by atoms with van der Waals surface area (Å²) in [5.74, 6) is 0.00463. The fourth-order valence-corrected chi connectivity index (χ4v) is 0. The largest absolute Gasteiger partial charge is 0.693 e. The van der Waals surface area contributed by atoms with Crippen LogP contribution >= 0.6 is 18.8 Å². The van der Waals surface area contributed by atoms with Crippen molar-refractivity contribution in [3.8, 4) is 0 Å². The summed E-state index contributed by atoms with van der Waals surface area (Å²) in [5, 5.41) is 8.06. The normalized spacial score (nSPS) is 6.22. The Hall–Kier alpha value is 0.698. The molecule has 9 heavy (non-hydrogen) atoms. The summed E-state index contributed by atoms with van der Waals surface area (Å²) in [6, 6.07) is 0. The van der Waals surface area contributed by atoms with Crippen molar-refractivity contribution in [3.63, 3.8) is 0 Å². The van der Waals surface area contributed by atoms with Crippen molar-refractivity contribution < 1.29 is 21.2 Å². The average Bonchev–Trinajstić information content (AvgIpc) is 1.69. The topological polar surface area (TPSA) is 65.0 Å². The zero-order valence-electron chi connectivity index (χ0n) is 5.00. The SMILES string of the molecule is COC(C)=[N-].[Cl][Pt+2][Cl].[NH2-]. The summed E-state index contributed by atoms with van der Waals surface area (Å²) >= 11 is -0.472. The molecule has 0 radical (unpaired) electrons. The van der Waals surface area contributed by atoms with Crippen LogP contribution in [0.3, 0.4) is 0 Å². The van der Waals surface area contributed by atoms with Gasteiger partial charge in [0, 0.05) is 0 Å². The van der Waals surface area contributed by atoms with Gasteiger partial charge in [-0.05, 0) is 12.8 Å². The van der Waals surface area contributed by atoms with Crippen LogP contribution in [-0.2, 0) is 21.2 Å². The van der Waals surface area contributed by atoms with E-state index >= 15 is 0 Å². The van der Waals surface area contributed by atoms with E-state index in [4.69, 9.17) is 24.2 Å². The van der Waals surface area contributed by atoms with Crippen molar-refractivity contribution in [1.82, 2.24) is 0 Å². The summed E-state index contributed by atoms with van der Waals surface area (Å²) in [6.45, 7) is 1.47. The van der Waals surface area contributed by atoms with Crippen molar-refractivity contribution in [2.75, 3.05) is 7.11 Å². The van der Waals surface area contributed by atoms with E-state index in [0.29, 0.717) is 0 Å². The number of halogens is 2. The van der Waals surface area contributed by atoms with Gasteiger partial charge in [0.1, 0.15) is 0 Å². The number of hydrogen-bond donors (Lipinski definition) is 0. The maximum atomic E-state index is 8.06. The molecule has 0 aliphatic rings. The molecule has 0 aliphatic carbocycles. The molecule has 0 atom stereocenters. The molecular weight excluding hydrogens is 346 g/mol. The van der Waals surface area contributed by atoms with Crippen LogP contribution < -0.4 is 0 Å². The van der Waals surface area contributed by atoms with Gasteiger partial charge >= 0.3 is 35.3 Å². The fraction of sp³-hybridized carbons (Fsp3) is 0.667. The van der Waals surface area contributed by atoms with E-state index in [1.54, 1.807) is 0 Å². The van der Waals surface area contributed by atoms with Crippen molar-refractivity contribution in [1.29, 1.82) is 0 Å². The number of nitrogens with two attached hydrogens (primary N) is 1. The number of ether oxygens (including phenoxy) is 1. The quantitative estimate of drug-likeness (QED) is 0.487. The van der Waals surface area contributed by atoms with Gasteiger partial charge in [-0.1, -0.05) is 0 Å². The molecule has 0 rings (SSSR count). The molecule has 60 valence electrons. The van der Waals surface area contributed by atoms with Gasteiger partial charge in [0.25, 0.3) is 0 Å². The standard InChI is InChI=1S/C3H6NO.2ClH.H2N.Pt/c1-3(4)5-2;;;;/h1-2H3;2*1H;1H2;/q-1;;;-1;+4/p-2. The van der Waals surface area contributed by atoms with Gasteiger partial charge in [0.2, 0.25) is 0 Å². The van der Waals surface area contributed by atoms with E-state index in [1.807, 2.05) is 0 Å². The third-order valence-electron chi connectivity index (χ3n) is 0.295. The molecule has 0 fully saturated rings. The van der Waals surface area contributed by atoms with Crippen LogP contribution in [0.25, 0.3) is 11.6 Å². The first-order valence-corrected chi connectivity index (χ1v) is 7.21. The van der Waals surface area contributed by atoms with E-state index in [0.717, 1.165) is 0 Å². The predicted molar refractivity (Wildman–Crippen MR) is 38.0 cm³/mol. The maximum Gasteiger partial charge on any atom is -0.693 e. The van der Waals surface area contributed by atoms with Crippen LogP contribution in [0.2, 0.25) is 0 Å². The number of hydrogen-bond acceptors (Lipinski definition) is 1. The molecule has 0 spiro atoms. The van der Waals surface area contributed by atoms with E-state index < -0.39 is 16.5 Å². The summed E-state index contributed by atoms with van der Waals surface area (Å²) in [6.07, 6.45) is 0. The summed E-state index contributed by atoms with van der Waals surface area (Å²) in [7, 11) is 11.2. The smallest absolute Gasteiger partial charge is 0.693 e. The van der Waals surface area contributed by atoms with E-state index in [1.165, 1.54) is 14.0 Å². The molecule has 3 nitrogen and oxygen atoms in total. The van der Waals surface area contributed by atoms with Crippen molar-refractivity contribution in [2.24, 2.45) is 0 Å². The first-order valence-electron chi connectivity index (χ1n) is 1.58. The molecular formula is C3H8Cl2N2OPt. The number of nitrogens with zero attached hydrogens (tertiary/aromatic N) is 1. The number of methoxy groups -OCH3 is 1. The van der Waals surface area contributed by atoms with Gasteiger partial charge in [0.15, 0.2) is 0 Å². The van der Waals surface area contributed by atoms with Crippen LogP contribution in [0.1, 0.15) is 6.92 Å². The van der Waals surface area contributed by atoms with Crippen molar-refractivity contribution in [3.05, 3.63) is 11.6 Å². The Balaban J connectivity index is -0.0000000800. The second kappa shape index (κ2) is 15.9. The third kappa shape index (κ3) is 53.6. The number of rotatable bonds is 0. The van der Waals surface area contributed by atoms with Crippen LogP contribution in [-0.4, -0.2) is 13.0 Å². The third-order valence-corrected chi connectivity index (χ3v) is 0.295. The molecule has 0 saturated carbocycles. The Morgan fingerprint density at radius 1 is 1.56 bits per heavy atom. The van der Waals surface area contributed by atoms with Crippen molar-refractivity contribution in [2.45, 2.75) is 6.92 Å². The van der Waals surface area contributed by atoms with Gasteiger partial charge in [0.05, 0.1) is 7.11 Å². The predicted octanol–water partition coefficient (Wildman–Crippen LogP) is 2.71. The minimum atomic E-state index is -0.472. The van der Waals surface area contributed by atoms with Crippen molar-refractivity contribution >= 4 is 24.7 Å². The molecule has 2 N–H and O–H groups in total. The molecule has 0 bridgehead atoms. The van der Waals surface area contributed by atoms with Gasteiger partial charge in [-0.3, -0.25) is 0 Å². The first-order chi connectivity index (χ1) is 3.68. The van der Waals surface area contributed by atoms with E-state index in [2.05, 4.69) is 4.74 Å². The van der Waals surface area contributed by atoms with Gasteiger partial charge in [-0.2, -0.15) is 0 Å². The molecule has 0 aromatic rings. The first kappa shape index (κ1) is 16.4. The Morgan fingerprint density at radius 2 is 1.67 bits per heavy atom. The van der Waals surface area contributed by atoms with Gasteiger partial charge < -0.3 is 16.3 Å². The van der Waals surface area contributed by atoms with Crippen LogP contribution in [0, 0.1) is 0 Å². The molecule has 0 unspecified atom stereocenters. The summed E-state index contributed by atoms with van der Waals surface area (Å²) in [5.41, 5.74) is 0. The Bertz CT molecular complexity index is 63.8. The zero-order chi connectivity index (χ0) is 6.99. The summed E-state index contributed by atoms with van der Waals surface area (Å²) < 4.78 is 4.22. The molecule has 0 aromatic heterocycles. The maximum absolute atomic E-state index is 8.06.